The summed E-state index contributed by atoms with van der Waals surface area (Å²) < 4.78 is 0. The Kier molecular flexibility index (Phi) is 2.10. The lowest BCUT2D eigenvalue weighted by Gasteiger charge is -2.10. The third kappa shape index (κ3) is 1.16. The molecule has 0 fully saturated rings. The van der Waals surface area contributed by atoms with Crippen LogP contribution in [0.2, 0.25) is 5.02 Å². The molecule has 0 radical (unpaired) electrons. The first-order valence-corrected chi connectivity index (χ1v) is 4.79. The van der Waals surface area contributed by atoms with Gasteiger partial charge in [0.05, 0.1) is 16.3 Å². The molecular formula is C10H10ClN3. The SMILES string of the molecule is N#Cc1c(N)c(Cl)cc2c1[C@@H](N)CC2. The summed E-state index contributed by atoms with van der Waals surface area (Å²) in [6, 6.07) is 3.83. The van der Waals surface area contributed by atoms with Crippen molar-refractivity contribution >= 4 is 17.3 Å². The highest BCUT2D eigenvalue weighted by Gasteiger charge is 2.25. The maximum absolute atomic E-state index is 8.98. The summed E-state index contributed by atoms with van der Waals surface area (Å²) in [5.74, 6) is 0. The molecule has 1 aliphatic carbocycles. The molecule has 0 spiro atoms. The molecule has 14 heavy (non-hydrogen) atoms. The first-order valence-electron chi connectivity index (χ1n) is 4.41. The molecule has 1 aromatic carbocycles. The monoisotopic (exact) mass is 207 g/mol. The Morgan fingerprint density at radius 2 is 2.29 bits per heavy atom. The second-order valence-electron chi connectivity index (χ2n) is 3.48. The third-order valence-electron chi connectivity index (χ3n) is 2.65. The fourth-order valence-electron chi connectivity index (χ4n) is 1.94. The lowest BCUT2D eigenvalue weighted by atomic mass is 10.0. The van der Waals surface area contributed by atoms with Gasteiger partial charge in [-0.2, -0.15) is 5.26 Å². The number of nitrogens with two attached hydrogens (primary N) is 2. The highest BCUT2D eigenvalue weighted by molar-refractivity contribution is 6.33. The van der Waals surface area contributed by atoms with Crippen molar-refractivity contribution in [2.75, 3.05) is 5.73 Å². The highest BCUT2D eigenvalue weighted by Crippen LogP contribution is 2.38. The number of hydrogen-bond acceptors (Lipinski definition) is 3. The van der Waals surface area contributed by atoms with E-state index in [0.29, 0.717) is 16.3 Å². The summed E-state index contributed by atoms with van der Waals surface area (Å²) in [5, 5.41) is 9.43. The minimum Gasteiger partial charge on any atom is -0.396 e. The van der Waals surface area contributed by atoms with E-state index >= 15 is 0 Å². The van der Waals surface area contributed by atoms with E-state index in [9.17, 15) is 0 Å². The average molecular weight is 208 g/mol. The first kappa shape index (κ1) is 9.32. The largest absolute Gasteiger partial charge is 0.396 e. The van der Waals surface area contributed by atoms with Crippen LogP contribution in [0.1, 0.15) is 29.2 Å². The van der Waals surface area contributed by atoms with E-state index in [4.69, 9.17) is 28.3 Å². The number of benzene rings is 1. The molecule has 1 atom stereocenters. The van der Waals surface area contributed by atoms with Gasteiger partial charge in [0.15, 0.2) is 0 Å². The van der Waals surface area contributed by atoms with E-state index < -0.39 is 0 Å². The zero-order chi connectivity index (χ0) is 10.3. The topological polar surface area (TPSA) is 75.8 Å². The van der Waals surface area contributed by atoms with Crippen LogP contribution in [-0.2, 0) is 6.42 Å². The summed E-state index contributed by atoms with van der Waals surface area (Å²) in [6.07, 6.45) is 1.75. The molecule has 1 aliphatic rings. The van der Waals surface area contributed by atoms with Crippen molar-refractivity contribution in [2.24, 2.45) is 5.73 Å². The first-order chi connectivity index (χ1) is 6.65. The van der Waals surface area contributed by atoms with Gasteiger partial charge in [-0.05, 0) is 30.0 Å². The number of nitriles is 1. The number of nitrogen functional groups attached to an aromatic ring is 1. The molecule has 0 saturated carbocycles. The van der Waals surface area contributed by atoms with Crippen molar-refractivity contribution in [1.29, 1.82) is 5.26 Å². The molecule has 0 aromatic heterocycles. The maximum Gasteiger partial charge on any atom is 0.102 e. The molecule has 0 aliphatic heterocycles. The second-order valence-corrected chi connectivity index (χ2v) is 3.88. The fraction of sp³-hybridized carbons (Fsp3) is 0.300. The van der Waals surface area contributed by atoms with Gasteiger partial charge < -0.3 is 11.5 Å². The van der Waals surface area contributed by atoms with Crippen molar-refractivity contribution in [3.8, 4) is 6.07 Å². The standard InChI is InChI=1S/C10H10ClN3/c11-7-3-5-1-2-8(13)9(5)6(4-12)10(7)14/h3,8H,1-2,13-14H2/t8-/m0/s1. The Balaban J connectivity index is 2.75. The minimum absolute atomic E-state index is 0.0702. The predicted molar refractivity (Wildman–Crippen MR) is 55.8 cm³/mol. The molecule has 0 bridgehead atoms. The van der Waals surface area contributed by atoms with Crippen LogP contribution >= 0.6 is 11.6 Å². The van der Waals surface area contributed by atoms with Gasteiger partial charge in [-0.25, -0.2) is 0 Å². The Bertz CT molecular complexity index is 434. The van der Waals surface area contributed by atoms with Crippen molar-refractivity contribution < 1.29 is 0 Å². The Morgan fingerprint density at radius 1 is 1.57 bits per heavy atom. The molecule has 4 N–H and O–H groups in total. The quantitative estimate of drug-likeness (QED) is 0.637. The number of hydrogen-bond donors (Lipinski definition) is 2. The van der Waals surface area contributed by atoms with E-state index in [0.717, 1.165) is 24.0 Å². The highest BCUT2D eigenvalue weighted by atomic mass is 35.5. The normalized spacial score (nSPS) is 19.1. The van der Waals surface area contributed by atoms with E-state index in [-0.39, 0.29) is 6.04 Å². The molecule has 4 heteroatoms. The fourth-order valence-corrected chi connectivity index (χ4v) is 2.17. The summed E-state index contributed by atoms with van der Waals surface area (Å²) >= 11 is 5.91. The van der Waals surface area contributed by atoms with Gasteiger partial charge in [-0.3, -0.25) is 0 Å². The summed E-state index contributed by atoms with van der Waals surface area (Å²) in [4.78, 5) is 0. The molecular weight excluding hydrogens is 198 g/mol. The average Bonchev–Trinajstić information content (AvgIpc) is 2.50. The van der Waals surface area contributed by atoms with Gasteiger partial charge in [0.25, 0.3) is 0 Å². The van der Waals surface area contributed by atoms with Crippen LogP contribution < -0.4 is 11.5 Å². The van der Waals surface area contributed by atoms with Crippen molar-refractivity contribution in [1.82, 2.24) is 0 Å². The van der Waals surface area contributed by atoms with E-state index in [2.05, 4.69) is 6.07 Å². The summed E-state index contributed by atoms with van der Waals surface area (Å²) in [6.45, 7) is 0. The van der Waals surface area contributed by atoms with Gasteiger partial charge in [-0.15, -0.1) is 0 Å². The lowest BCUT2D eigenvalue weighted by Crippen LogP contribution is -2.09. The van der Waals surface area contributed by atoms with Crippen molar-refractivity contribution in [3.05, 3.63) is 27.8 Å². The van der Waals surface area contributed by atoms with Gasteiger partial charge in [-0.1, -0.05) is 11.6 Å². The van der Waals surface area contributed by atoms with E-state index in [1.54, 1.807) is 0 Å². The molecule has 1 aromatic rings. The number of fused-ring (bicyclic) bond motifs is 1. The van der Waals surface area contributed by atoms with Gasteiger partial charge in [0.1, 0.15) is 6.07 Å². The Morgan fingerprint density at radius 3 is 2.93 bits per heavy atom. The Labute approximate surface area is 87.3 Å². The molecule has 0 amide bonds. The number of halogens is 1. The second kappa shape index (κ2) is 3.16. The van der Waals surface area contributed by atoms with E-state index in [1.807, 2.05) is 6.07 Å². The van der Waals surface area contributed by atoms with Crippen LogP contribution in [0.3, 0.4) is 0 Å². The summed E-state index contributed by atoms with van der Waals surface area (Å²) in [7, 11) is 0. The van der Waals surface area contributed by atoms with Crippen molar-refractivity contribution in [2.45, 2.75) is 18.9 Å². The van der Waals surface area contributed by atoms with Crippen LogP contribution in [0, 0.1) is 11.3 Å². The number of nitrogens with zero attached hydrogens (tertiary/aromatic N) is 1. The van der Waals surface area contributed by atoms with Crippen LogP contribution in [-0.4, -0.2) is 0 Å². The van der Waals surface area contributed by atoms with Crippen molar-refractivity contribution in [3.63, 3.8) is 0 Å². The van der Waals surface area contributed by atoms with Crippen LogP contribution in [0.15, 0.2) is 6.07 Å². The molecule has 2 rings (SSSR count). The molecule has 0 unspecified atom stereocenters. The van der Waals surface area contributed by atoms with Crippen LogP contribution in [0.4, 0.5) is 5.69 Å². The zero-order valence-electron chi connectivity index (χ0n) is 7.55. The number of aryl methyl sites for hydroxylation is 1. The number of rotatable bonds is 0. The zero-order valence-corrected chi connectivity index (χ0v) is 8.30. The summed E-state index contributed by atoms with van der Waals surface area (Å²) in [5.41, 5.74) is 14.4. The van der Waals surface area contributed by atoms with Crippen LogP contribution in [0.25, 0.3) is 0 Å². The van der Waals surface area contributed by atoms with Crippen LogP contribution in [0.5, 0.6) is 0 Å². The minimum atomic E-state index is -0.0702. The smallest absolute Gasteiger partial charge is 0.102 e. The lowest BCUT2D eigenvalue weighted by molar-refractivity contribution is 0.712. The van der Waals surface area contributed by atoms with Gasteiger partial charge in [0.2, 0.25) is 0 Å². The maximum atomic E-state index is 8.98. The predicted octanol–water partition coefficient (Wildman–Crippen LogP) is 1.74. The molecule has 72 valence electrons. The molecule has 0 heterocycles. The van der Waals surface area contributed by atoms with Gasteiger partial charge in [0, 0.05) is 6.04 Å². The number of anilines is 1. The molecule has 0 saturated heterocycles. The third-order valence-corrected chi connectivity index (χ3v) is 2.96. The molecule has 3 nitrogen and oxygen atoms in total. The van der Waals surface area contributed by atoms with Gasteiger partial charge >= 0.3 is 0 Å². The van der Waals surface area contributed by atoms with E-state index in [1.165, 1.54) is 0 Å². The Hall–Kier alpha value is -1.24.